The zero-order chi connectivity index (χ0) is 18.4. The van der Waals surface area contributed by atoms with Crippen molar-refractivity contribution in [2.24, 2.45) is 5.92 Å². The van der Waals surface area contributed by atoms with Crippen LogP contribution in [0.5, 0.6) is 0 Å². The van der Waals surface area contributed by atoms with Crippen molar-refractivity contribution in [1.82, 2.24) is 19.3 Å². The molecule has 3 aliphatic rings. The highest BCUT2D eigenvalue weighted by Gasteiger charge is 2.46. The summed E-state index contributed by atoms with van der Waals surface area (Å²) in [5.74, 6) is 1.77. The van der Waals surface area contributed by atoms with Crippen molar-refractivity contribution in [3.05, 3.63) is 11.7 Å². The van der Waals surface area contributed by atoms with Crippen molar-refractivity contribution in [3.8, 4) is 0 Å². The largest absolute Gasteiger partial charge is 0.389 e. The molecular formula is C17H28N4O4S. The summed E-state index contributed by atoms with van der Waals surface area (Å²) in [4.78, 5) is 6.78. The molecule has 8 nitrogen and oxygen atoms in total. The van der Waals surface area contributed by atoms with Crippen LogP contribution >= 0.6 is 0 Å². The monoisotopic (exact) mass is 384 g/mol. The van der Waals surface area contributed by atoms with E-state index in [1.165, 1.54) is 23.4 Å². The van der Waals surface area contributed by atoms with Crippen molar-refractivity contribution in [2.45, 2.75) is 56.6 Å². The predicted octanol–water partition coefficient (Wildman–Crippen LogP) is 0.945. The first-order chi connectivity index (χ1) is 12.3. The van der Waals surface area contributed by atoms with Crippen LogP contribution in [0.15, 0.2) is 4.52 Å². The number of nitrogens with zero attached hydrogens (tertiary/aromatic N) is 4. The second-order valence-corrected chi connectivity index (χ2v) is 10.2. The number of piperidine rings is 2. The highest BCUT2D eigenvalue weighted by Crippen LogP contribution is 2.37. The summed E-state index contributed by atoms with van der Waals surface area (Å²) in [6.07, 6.45) is 7.11. The van der Waals surface area contributed by atoms with Gasteiger partial charge >= 0.3 is 0 Å². The molecule has 2 aliphatic heterocycles. The molecule has 0 amide bonds. The minimum absolute atomic E-state index is 0.0825. The van der Waals surface area contributed by atoms with Crippen LogP contribution in [0.4, 0.5) is 0 Å². The molecule has 4 rings (SSSR count). The van der Waals surface area contributed by atoms with Crippen LogP contribution in [0.25, 0.3) is 0 Å². The van der Waals surface area contributed by atoms with Crippen LogP contribution in [0.3, 0.4) is 0 Å². The first-order valence-electron chi connectivity index (χ1n) is 9.56. The van der Waals surface area contributed by atoms with Crippen molar-refractivity contribution >= 4 is 10.0 Å². The summed E-state index contributed by atoms with van der Waals surface area (Å²) in [6, 6.07) is 0. The lowest BCUT2D eigenvalue weighted by atomic mass is 9.76. The van der Waals surface area contributed by atoms with E-state index >= 15 is 0 Å². The second kappa shape index (κ2) is 6.85. The van der Waals surface area contributed by atoms with Gasteiger partial charge in [0.05, 0.1) is 18.4 Å². The zero-order valence-corrected chi connectivity index (χ0v) is 16.1. The molecule has 26 heavy (non-hydrogen) atoms. The molecule has 1 aliphatic carbocycles. The molecule has 1 saturated carbocycles. The fourth-order valence-electron chi connectivity index (χ4n) is 4.66. The molecular weight excluding hydrogens is 356 g/mol. The quantitative estimate of drug-likeness (QED) is 0.825. The van der Waals surface area contributed by atoms with Gasteiger partial charge in [-0.25, -0.2) is 12.7 Å². The Kier molecular flexibility index (Phi) is 4.83. The summed E-state index contributed by atoms with van der Waals surface area (Å²) >= 11 is 0. The third-order valence-electron chi connectivity index (χ3n) is 6.34. The Labute approximate surface area is 154 Å². The van der Waals surface area contributed by atoms with Gasteiger partial charge in [-0.2, -0.15) is 4.98 Å². The third-order valence-corrected chi connectivity index (χ3v) is 7.61. The van der Waals surface area contributed by atoms with Crippen LogP contribution in [0.1, 0.15) is 56.2 Å². The number of hydrogen-bond acceptors (Lipinski definition) is 7. The maximum absolute atomic E-state index is 11.9. The molecule has 9 heteroatoms. The molecule has 2 atom stereocenters. The second-order valence-electron chi connectivity index (χ2n) is 8.19. The summed E-state index contributed by atoms with van der Waals surface area (Å²) in [7, 11) is -3.22. The van der Waals surface area contributed by atoms with Gasteiger partial charge in [-0.1, -0.05) is 18.0 Å². The van der Waals surface area contributed by atoms with Gasteiger partial charge in [-0.05, 0) is 25.7 Å². The van der Waals surface area contributed by atoms with Gasteiger partial charge in [-0.3, -0.25) is 4.90 Å². The topological polar surface area (TPSA) is 99.8 Å². The third kappa shape index (κ3) is 3.67. The van der Waals surface area contributed by atoms with Gasteiger partial charge < -0.3 is 9.63 Å². The zero-order valence-electron chi connectivity index (χ0n) is 15.3. The number of sulfonamides is 1. The smallest absolute Gasteiger partial charge is 0.229 e. The van der Waals surface area contributed by atoms with E-state index in [1.54, 1.807) is 0 Å². The van der Waals surface area contributed by atoms with Gasteiger partial charge in [0.15, 0.2) is 5.82 Å². The average Bonchev–Trinajstić information content (AvgIpc) is 3.25. The van der Waals surface area contributed by atoms with Crippen molar-refractivity contribution in [3.63, 3.8) is 0 Å². The number of rotatable bonds is 4. The summed E-state index contributed by atoms with van der Waals surface area (Å²) in [5.41, 5.74) is -0.760. The number of likely N-dealkylation sites (tertiary alicyclic amines) is 1. The Bertz CT molecular complexity index is 746. The molecule has 1 aromatic heterocycles. The first-order valence-corrected chi connectivity index (χ1v) is 11.4. The van der Waals surface area contributed by atoms with Gasteiger partial charge in [0.1, 0.15) is 0 Å². The van der Waals surface area contributed by atoms with E-state index in [9.17, 15) is 13.5 Å². The van der Waals surface area contributed by atoms with Gasteiger partial charge in [0.2, 0.25) is 15.9 Å². The lowest BCUT2D eigenvalue weighted by Gasteiger charge is -2.49. The van der Waals surface area contributed by atoms with Gasteiger partial charge in [0.25, 0.3) is 0 Å². The highest BCUT2D eigenvalue weighted by molar-refractivity contribution is 7.88. The van der Waals surface area contributed by atoms with Crippen molar-refractivity contribution < 1.29 is 18.0 Å². The van der Waals surface area contributed by atoms with Crippen LogP contribution in [-0.4, -0.2) is 70.9 Å². The number of fused-ring (bicyclic) bond motifs is 1. The molecule has 0 aromatic carbocycles. The Hall–Kier alpha value is -1.03. The molecule has 0 bridgehead atoms. The SMILES string of the molecule is CS(=O)(=O)N1CC[C@]2(O)CCN(Cc3noc(C4CCCC4)n3)C[C@@H]2C1. The van der Waals surface area contributed by atoms with Crippen LogP contribution < -0.4 is 0 Å². The van der Waals surface area contributed by atoms with Crippen LogP contribution in [0, 0.1) is 5.92 Å². The molecule has 3 fully saturated rings. The van der Waals surface area contributed by atoms with Crippen LogP contribution in [0.2, 0.25) is 0 Å². The standard InChI is InChI=1S/C17H28N4O4S/c1-26(23,24)21-9-7-17(22)6-8-20(10-14(17)11-21)12-15-18-16(25-19-15)13-4-2-3-5-13/h13-14,22H,2-12H2,1H3/t14-,17-/m1/s1. The minimum atomic E-state index is -3.22. The summed E-state index contributed by atoms with van der Waals surface area (Å²) in [5, 5.41) is 15.0. The van der Waals surface area contributed by atoms with Crippen molar-refractivity contribution in [1.29, 1.82) is 0 Å². The van der Waals surface area contributed by atoms with Gasteiger partial charge in [-0.15, -0.1) is 0 Å². The van der Waals surface area contributed by atoms with Crippen molar-refractivity contribution in [2.75, 3.05) is 32.4 Å². The highest BCUT2D eigenvalue weighted by atomic mass is 32.2. The Balaban J connectivity index is 1.40. The molecule has 1 aromatic rings. The summed E-state index contributed by atoms with van der Waals surface area (Å²) in [6.45, 7) is 2.78. The van der Waals surface area contributed by atoms with E-state index in [4.69, 9.17) is 4.52 Å². The van der Waals surface area contributed by atoms with E-state index in [0.717, 1.165) is 25.3 Å². The molecule has 1 N–H and O–H groups in total. The molecule has 146 valence electrons. The van der Waals surface area contributed by atoms with E-state index in [1.807, 2.05) is 0 Å². The predicted molar refractivity (Wildman–Crippen MR) is 94.9 cm³/mol. The minimum Gasteiger partial charge on any atom is -0.389 e. The number of hydrogen-bond donors (Lipinski definition) is 1. The lowest BCUT2D eigenvalue weighted by Crippen LogP contribution is -2.60. The number of aliphatic hydroxyl groups is 1. The van der Waals surface area contributed by atoms with Crippen LogP contribution in [-0.2, 0) is 16.6 Å². The average molecular weight is 385 g/mol. The molecule has 0 unspecified atom stereocenters. The Morgan fingerprint density at radius 2 is 1.96 bits per heavy atom. The fraction of sp³-hybridized carbons (Fsp3) is 0.882. The maximum atomic E-state index is 11.9. The van der Waals surface area contributed by atoms with E-state index in [0.29, 0.717) is 50.8 Å². The van der Waals surface area contributed by atoms with E-state index in [-0.39, 0.29) is 5.92 Å². The fourth-order valence-corrected chi connectivity index (χ4v) is 5.53. The maximum Gasteiger partial charge on any atom is 0.229 e. The molecule has 0 spiro atoms. The normalized spacial score (nSPS) is 32.0. The lowest BCUT2D eigenvalue weighted by molar-refractivity contribution is -0.103. The molecule has 2 saturated heterocycles. The van der Waals surface area contributed by atoms with Gasteiger partial charge in [0, 0.05) is 38.0 Å². The van der Waals surface area contributed by atoms with E-state index in [2.05, 4.69) is 15.0 Å². The first kappa shape index (κ1) is 18.3. The van der Waals surface area contributed by atoms with E-state index < -0.39 is 15.6 Å². The Morgan fingerprint density at radius 1 is 1.23 bits per heavy atom. The molecule has 3 heterocycles. The number of aromatic nitrogens is 2. The Morgan fingerprint density at radius 3 is 2.69 bits per heavy atom. The summed E-state index contributed by atoms with van der Waals surface area (Å²) < 4.78 is 30.7. The molecule has 0 radical (unpaired) electrons.